The standard InChI is InChI=1S/C14H32N2O/c1-6-16(7-2)11-14(17)10-15-13(5)9-8-12(3)4/h12-15,17H,6-11H2,1-5H3. The van der Waals surface area contributed by atoms with Crippen molar-refractivity contribution in [3.05, 3.63) is 0 Å². The molecule has 0 spiro atoms. The Morgan fingerprint density at radius 3 is 2.12 bits per heavy atom. The van der Waals surface area contributed by atoms with Gasteiger partial charge in [0.25, 0.3) is 0 Å². The minimum absolute atomic E-state index is 0.253. The highest BCUT2D eigenvalue weighted by Gasteiger charge is 2.10. The monoisotopic (exact) mass is 244 g/mol. The minimum atomic E-state index is -0.253. The van der Waals surface area contributed by atoms with Gasteiger partial charge in [0.2, 0.25) is 0 Å². The van der Waals surface area contributed by atoms with Gasteiger partial charge in [0, 0.05) is 19.1 Å². The summed E-state index contributed by atoms with van der Waals surface area (Å²) in [6.45, 7) is 14.5. The number of aliphatic hydroxyl groups is 1. The molecule has 2 atom stereocenters. The van der Waals surface area contributed by atoms with Crippen LogP contribution in [-0.2, 0) is 0 Å². The number of hydrogen-bond acceptors (Lipinski definition) is 3. The molecule has 0 aliphatic rings. The van der Waals surface area contributed by atoms with Gasteiger partial charge in [-0.25, -0.2) is 0 Å². The van der Waals surface area contributed by atoms with E-state index in [0.29, 0.717) is 12.6 Å². The Kier molecular flexibility index (Phi) is 9.79. The first-order valence-corrected chi connectivity index (χ1v) is 7.13. The third-order valence-electron chi connectivity index (χ3n) is 3.24. The Morgan fingerprint density at radius 2 is 1.65 bits per heavy atom. The van der Waals surface area contributed by atoms with Gasteiger partial charge < -0.3 is 15.3 Å². The molecule has 0 aromatic carbocycles. The van der Waals surface area contributed by atoms with Crippen molar-refractivity contribution in [2.24, 2.45) is 5.92 Å². The number of nitrogens with zero attached hydrogens (tertiary/aromatic N) is 1. The van der Waals surface area contributed by atoms with E-state index in [4.69, 9.17) is 0 Å². The van der Waals surface area contributed by atoms with Crippen molar-refractivity contribution in [3.8, 4) is 0 Å². The molecule has 0 bridgehead atoms. The quantitative estimate of drug-likeness (QED) is 0.618. The summed E-state index contributed by atoms with van der Waals surface area (Å²) >= 11 is 0. The first-order chi connectivity index (χ1) is 7.99. The topological polar surface area (TPSA) is 35.5 Å². The van der Waals surface area contributed by atoms with Gasteiger partial charge >= 0.3 is 0 Å². The van der Waals surface area contributed by atoms with Gasteiger partial charge in [-0.2, -0.15) is 0 Å². The average Bonchev–Trinajstić information content (AvgIpc) is 2.30. The van der Waals surface area contributed by atoms with Gasteiger partial charge in [-0.15, -0.1) is 0 Å². The van der Waals surface area contributed by atoms with Crippen molar-refractivity contribution in [2.45, 2.75) is 59.6 Å². The van der Waals surface area contributed by atoms with Crippen LogP contribution in [0, 0.1) is 5.92 Å². The fourth-order valence-corrected chi connectivity index (χ4v) is 1.87. The van der Waals surface area contributed by atoms with Crippen molar-refractivity contribution in [1.29, 1.82) is 0 Å². The molecule has 2 unspecified atom stereocenters. The highest BCUT2D eigenvalue weighted by Crippen LogP contribution is 2.06. The molecule has 0 saturated carbocycles. The van der Waals surface area contributed by atoms with Crippen LogP contribution in [0.2, 0.25) is 0 Å². The molecule has 0 fully saturated rings. The lowest BCUT2D eigenvalue weighted by Crippen LogP contribution is -2.40. The smallest absolute Gasteiger partial charge is 0.0791 e. The maximum absolute atomic E-state index is 9.90. The molecule has 0 heterocycles. The summed E-state index contributed by atoms with van der Waals surface area (Å²) in [5.41, 5.74) is 0. The second-order valence-electron chi connectivity index (χ2n) is 5.42. The number of aliphatic hydroxyl groups excluding tert-OH is 1. The van der Waals surface area contributed by atoms with E-state index >= 15 is 0 Å². The third kappa shape index (κ3) is 9.57. The molecule has 0 radical (unpaired) electrons. The summed E-state index contributed by atoms with van der Waals surface area (Å²) in [5, 5.41) is 13.3. The molecule has 0 amide bonds. The number of hydrogen-bond donors (Lipinski definition) is 2. The highest BCUT2D eigenvalue weighted by molar-refractivity contribution is 4.69. The maximum Gasteiger partial charge on any atom is 0.0791 e. The van der Waals surface area contributed by atoms with Gasteiger partial charge in [-0.1, -0.05) is 27.7 Å². The van der Waals surface area contributed by atoms with Crippen molar-refractivity contribution in [1.82, 2.24) is 10.2 Å². The van der Waals surface area contributed by atoms with Gasteiger partial charge in [-0.3, -0.25) is 0 Å². The molecule has 3 heteroatoms. The second-order valence-corrected chi connectivity index (χ2v) is 5.42. The van der Waals surface area contributed by atoms with E-state index in [1.165, 1.54) is 12.8 Å². The van der Waals surface area contributed by atoms with Crippen LogP contribution in [0.15, 0.2) is 0 Å². The third-order valence-corrected chi connectivity index (χ3v) is 3.24. The number of likely N-dealkylation sites (N-methyl/N-ethyl adjacent to an activating group) is 1. The van der Waals surface area contributed by atoms with Crippen molar-refractivity contribution < 1.29 is 5.11 Å². The van der Waals surface area contributed by atoms with Gasteiger partial charge in [-0.05, 0) is 38.8 Å². The molecular formula is C14H32N2O. The molecular weight excluding hydrogens is 212 g/mol. The van der Waals surface area contributed by atoms with Crippen LogP contribution in [0.5, 0.6) is 0 Å². The molecule has 0 saturated heterocycles. The SMILES string of the molecule is CCN(CC)CC(O)CNC(C)CCC(C)C. The van der Waals surface area contributed by atoms with Crippen molar-refractivity contribution >= 4 is 0 Å². The fraction of sp³-hybridized carbons (Fsp3) is 1.00. The second kappa shape index (κ2) is 9.86. The van der Waals surface area contributed by atoms with Crippen molar-refractivity contribution in [3.63, 3.8) is 0 Å². The molecule has 0 aliphatic carbocycles. The number of rotatable bonds is 10. The molecule has 0 aliphatic heterocycles. The Balaban J connectivity index is 3.64. The van der Waals surface area contributed by atoms with Gasteiger partial charge in [0.05, 0.1) is 6.10 Å². The predicted octanol–water partition coefficient (Wildman–Crippen LogP) is 2.10. The zero-order valence-electron chi connectivity index (χ0n) is 12.4. The van der Waals surface area contributed by atoms with Crippen LogP contribution in [0.25, 0.3) is 0 Å². The van der Waals surface area contributed by atoms with Gasteiger partial charge in [0.1, 0.15) is 0 Å². The zero-order chi connectivity index (χ0) is 13.3. The summed E-state index contributed by atoms with van der Waals surface area (Å²) in [7, 11) is 0. The van der Waals surface area contributed by atoms with E-state index < -0.39 is 0 Å². The lowest BCUT2D eigenvalue weighted by Gasteiger charge is -2.23. The molecule has 0 aromatic rings. The lowest BCUT2D eigenvalue weighted by molar-refractivity contribution is 0.114. The van der Waals surface area contributed by atoms with E-state index in [1.54, 1.807) is 0 Å². The van der Waals surface area contributed by atoms with Crippen molar-refractivity contribution in [2.75, 3.05) is 26.2 Å². The molecule has 17 heavy (non-hydrogen) atoms. The Hall–Kier alpha value is -0.120. The van der Waals surface area contributed by atoms with E-state index in [9.17, 15) is 5.11 Å². The Labute approximate surface area is 108 Å². The highest BCUT2D eigenvalue weighted by atomic mass is 16.3. The van der Waals surface area contributed by atoms with Crippen LogP contribution >= 0.6 is 0 Å². The van der Waals surface area contributed by atoms with E-state index in [1.807, 2.05) is 0 Å². The minimum Gasteiger partial charge on any atom is -0.390 e. The summed E-state index contributed by atoms with van der Waals surface area (Å²) in [4.78, 5) is 2.26. The maximum atomic E-state index is 9.90. The number of nitrogens with one attached hydrogen (secondary N) is 1. The van der Waals surface area contributed by atoms with E-state index in [2.05, 4.69) is 44.8 Å². The normalized spacial score (nSPS) is 15.5. The van der Waals surface area contributed by atoms with Crippen LogP contribution in [-0.4, -0.2) is 48.3 Å². The molecule has 3 nitrogen and oxygen atoms in total. The molecule has 2 N–H and O–H groups in total. The summed E-state index contributed by atoms with van der Waals surface area (Å²) in [5.74, 6) is 0.764. The summed E-state index contributed by atoms with van der Waals surface area (Å²) in [6, 6.07) is 0.503. The van der Waals surface area contributed by atoms with Crippen LogP contribution in [0.4, 0.5) is 0 Å². The average molecular weight is 244 g/mol. The Morgan fingerprint density at radius 1 is 1.06 bits per heavy atom. The molecule has 0 rings (SSSR count). The Bertz CT molecular complexity index is 170. The fourth-order valence-electron chi connectivity index (χ4n) is 1.87. The molecule has 0 aromatic heterocycles. The lowest BCUT2D eigenvalue weighted by atomic mass is 10.0. The van der Waals surface area contributed by atoms with Crippen LogP contribution < -0.4 is 5.32 Å². The van der Waals surface area contributed by atoms with E-state index in [0.717, 1.165) is 25.6 Å². The molecule has 104 valence electrons. The van der Waals surface area contributed by atoms with Gasteiger partial charge in [0.15, 0.2) is 0 Å². The largest absolute Gasteiger partial charge is 0.390 e. The van der Waals surface area contributed by atoms with Crippen LogP contribution in [0.1, 0.15) is 47.5 Å². The summed E-state index contributed by atoms with van der Waals surface area (Å²) in [6.07, 6.45) is 2.19. The summed E-state index contributed by atoms with van der Waals surface area (Å²) < 4.78 is 0. The first-order valence-electron chi connectivity index (χ1n) is 7.13. The predicted molar refractivity (Wildman–Crippen MR) is 75.3 cm³/mol. The van der Waals surface area contributed by atoms with Crippen LogP contribution in [0.3, 0.4) is 0 Å². The first kappa shape index (κ1) is 16.9. The van der Waals surface area contributed by atoms with E-state index in [-0.39, 0.29) is 6.10 Å². The zero-order valence-corrected chi connectivity index (χ0v) is 12.4.